The molecule has 0 aromatic heterocycles. The van der Waals surface area contributed by atoms with Crippen LogP contribution in [-0.2, 0) is 0 Å². The van der Waals surface area contributed by atoms with Gasteiger partial charge in [-0.1, -0.05) is 0 Å². The van der Waals surface area contributed by atoms with Gasteiger partial charge in [0.2, 0.25) is 0 Å². The van der Waals surface area contributed by atoms with Crippen LogP contribution in [0.25, 0.3) is 0 Å². The number of hydrogen-bond donors (Lipinski definition) is 2. The highest BCUT2D eigenvalue weighted by Gasteiger charge is 1.92. The molecule has 1 aromatic carbocycles. The Morgan fingerprint density at radius 1 is 1.29 bits per heavy atom. The molecule has 0 aliphatic heterocycles. The molecule has 0 bridgehead atoms. The van der Waals surface area contributed by atoms with Crippen molar-refractivity contribution in [3.63, 3.8) is 0 Å². The molecule has 4 heteroatoms. The van der Waals surface area contributed by atoms with Crippen molar-refractivity contribution in [1.82, 2.24) is 5.32 Å². The maximum atomic E-state index is 9.00. The van der Waals surface area contributed by atoms with E-state index < -0.39 is 0 Å². The number of phenols is 1. The van der Waals surface area contributed by atoms with E-state index in [0.29, 0.717) is 6.61 Å². The number of halogens is 1. The van der Waals surface area contributed by atoms with E-state index in [9.17, 15) is 0 Å². The number of nitrogens with one attached hydrogen (secondary N) is 1. The largest absolute Gasteiger partial charge is 0.508 e. The molecule has 0 spiro atoms. The lowest BCUT2D eigenvalue weighted by molar-refractivity contribution is 0.309. The van der Waals surface area contributed by atoms with Gasteiger partial charge >= 0.3 is 0 Å². The van der Waals surface area contributed by atoms with Gasteiger partial charge in [-0.2, -0.15) is 0 Å². The van der Waals surface area contributed by atoms with Crippen LogP contribution >= 0.6 is 12.4 Å². The quantitative estimate of drug-likeness (QED) is 0.740. The molecule has 1 rings (SSSR count). The van der Waals surface area contributed by atoms with Gasteiger partial charge in [-0.05, 0) is 44.3 Å². The number of hydrogen-bond acceptors (Lipinski definition) is 3. The van der Waals surface area contributed by atoms with Gasteiger partial charge in [0.1, 0.15) is 11.5 Å². The molecule has 0 fully saturated rings. The molecule has 80 valence electrons. The molecular weight excluding hydrogens is 202 g/mol. The Bertz CT molecular complexity index is 238. The van der Waals surface area contributed by atoms with E-state index in [0.717, 1.165) is 18.7 Å². The molecule has 0 saturated carbocycles. The molecule has 2 N–H and O–H groups in total. The lowest BCUT2D eigenvalue weighted by Gasteiger charge is -2.05. The third kappa shape index (κ3) is 4.94. The van der Waals surface area contributed by atoms with Crippen LogP contribution in [0.5, 0.6) is 11.5 Å². The second kappa shape index (κ2) is 7.47. The minimum absolute atomic E-state index is 0. The summed E-state index contributed by atoms with van der Waals surface area (Å²) < 4.78 is 5.41. The number of rotatable bonds is 5. The van der Waals surface area contributed by atoms with E-state index in [4.69, 9.17) is 9.84 Å². The predicted octanol–water partition coefficient (Wildman–Crippen LogP) is 1.80. The van der Waals surface area contributed by atoms with E-state index in [1.807, 2.05) is 7.05 Å². The smallest absolute Gasteiger partial charge is 0.119 e. The Morgan fingerprint density at radius 2 is 1.93 bits per heavy atom. The highest BCUT2D eigenvalue weighted by molar-refractivity contribution is 5.85. The van der Waals surface area contributed by atoms with Crippen LogP contribution in [0.3, 0.4) is 0 Å². The molecule has 0 atom stereocenters. The topological polar surface area (TPSA) is 41.5 Å². The molecule has 0 aliphatic rings. The molecule has 0 unspecified atom stereocenters. The molecular formula is C10H16ClNO2. The van der Waals surface area contributed by atoms with Crippen molar-refractivity contribution >= 4 is 12.4 Å². The van der Waals surface area contributed by atoms with Gasteiger partial charge < -0.3 is 15.2 Å². The second-order valence-corrected chi connectivity index (χ2v) is 2.80. The third-order valence-corrected chi connectivity index (χ3v) is 1.68. The molecule has 14 heavy (non-hydrogen) atoms. The summed E-state index contributed by atoms with van der Waals surface area (Å²) >= 11 is 0. The van der Waals surface area contributed by atoms with Crippen LogP contribution in [0.2, 0.25) is 0 Å². The summed E-state index contributed by atoms with van der Waals surface area (Å²) in [6.07, 6.45) is 0.984. The predicted molar refractivity (Wildman–Crippen MR) is 59.4 cm³/mol. The number of phenolic OH excluding ortho intramolecular Hbond substituents is 1. The zero-order valence-electron chi connectivity index (χ0n) is 8.19. The summed E-state index contributed by atoms with van der Waals surface area (Å²) in [7, 11) is 1.92. The first-order chi connectivity index (χ1) is 6.33. The van der Waals surface area contributed by atoms with Crippen molar-refractivity contribution in [3.05, 3.63) is 24.3 Å². The fourth-order valence-corrected chi connectivity index (χ4v) is 0.981. The summed E-state index contributed by atoms with van der Waals surface area (Å²) in [5.41, 5.74) is 0. The molecule has 3 nitrogen and oxygen atoms in total. The van der Waals surface area contributed by atoms with Gasteiger partial charge in [-0.15, -0.1) is 12.4 Å². The fraction of sp³-hybridized carbons (Fsp3) is 0.400. The van der Waals surface area contributed by atoms with Crippen molar-refractivity contribution in [3.8, 4) is 11.5 Å². The van der Waals surface area contributed by atoms with E-state index in [1.54, 1.807) is 24.3 Å². The lowest BCUT2D eigenvalue weighted by Crippen LogP contribution is -2.11. The average molecular weight is 218 g/mol. The minimum Gasteiger partial charge on any atom is -0.508 e. The normalized spacial score (nSPS) is 9.21. The van der Waals surface area contributed by atoms with Crippen LogP contribution < -0.4 is 10.1 Å². The fourth-order valence-electron chi connectivity index (χ4n) is 0.981. The van der Waals surface area contributed by atoms with Crippen LogP contribution in [0.4, 0.5) is 0 Å². The SMILES string of the molecule is CNCCCOc1ccc(O)cc1.Cl. The minimum atomic E-state index is 0. The van der Waals surface area contributed by atoms with Crippen LogP contribution in [0, 0.1) is 0 Å². The zero-order chi connectivity index (χ0) is 9.52. The summed E-state index contributed by atoms with van der Waals surface area (Å²) in [5.74, 6) is 1.07. The van der Waals surface area contributed by atoms with Gasteiger partial charge in [0.15, 0.2) is 0 Å². The Balaban J connectivity index is 0.00000169. The van der Waals surface area contributed by atoms with Gasteiger partial charge in [0.05, 0.1) is 6.61 Å². The first kappa shape index (κ1) is 13.1. The van der Waals surface area contributed by atoms with Crippen molar-refractivity contribution in [2.75, 3.05) is 20.2 Å². The van der Waals surface area contributed by atoms with E-state index in [-0.39, 0.29) is 18.2 Å². The first-order valence-corrected chi connectivity index (χ1v) is 4.39. The average Bonchev–Trinajstić information content (AvgIpc) is 2.15. The Morgan fingerprint density at radius 3 is 2.50 bits per heavy atom. The molecule has 0 aliphatic carbocycles. The van der Waals surface area contributed by atoms with E-state index in [1.165, 1.54) is 0 Å². The number of benzene rings is 1. The molecule has 1 aromatic rings. The van der Waals surface area contributed by atoms with Crippen LogP contribution in [-0.4, -0.2) is 25.3 Å². The molecule has 0 radical (unpaired) electrons. The molecule has 0 saturated heterocycles. The third-order valence-electron chi connectivity index (χ3n) is 1.68. The maximum absolute atomic E-state index is 9.00. The summed E-state index contributed by atoms with van der Waals surface area (Å²) in [5, 5.41) is 12.0. The number of ether oxygens (including phenoxy) is 1. The first-order valence-electron chi connectivity index (χ1n) is 4.39. The summed E-state index contributed by atoms with van der Waals surface area (Å²) in [4.78, 5) is 0. The van der Waals surface area contributed by atoms with Gasteiger partial charge in [0, 0.05) is 0 Å². The Kier molecular flexibility index (Phi) is 6.98. The van der Waals surface area contributed by atoms with E-state index >= 15 is 0 Å². The van der Waals surface area contributed by atoms with Crippen molar-refractivity contribution in [2.45, 2.75) is 6.42 Å². The monoisotopic (exact) mass is 217 g/mol. The maximum Gasteiger partial charge on any atom is 0.119 e. The van der Waals surface area contributed by atoms with Crippen LogP contribution in [0.1, 0.15) is 6.42 Å². The highest BCUT2D eigenvalue weighted by Crippen LogP contribution is 2.15. The Hall–Kier alpha value is -0.930. The van der Waals surface area contributed by atoms with Gasteiger partial charge in [-0.25, -0.2) is 0 Å². The molecule has 0 heterocycles. The van der Waals surface area contributed by atoms with Crippen molar-refractivity contribution in [1.29, 1.82) is 0 Å². The summed E-state index contributed by atoms with van der Waals surface area (Å²) in [6.45, 7) is 1.66. The van der Waals surface area contributed by atoms with Gasteiger partial charge in [0.25, 0.3) is 0 Å². The van der Waals surface area contributed by atoms with E-state index in [2.05, 4.69) is 5.32 Å². The lowest BCUT2D eigenvalue weighted by atomic mass is 10.3. The molecule has 0 amide bonds. The number of aromatic hydroxyl groups is 1. The van der Waals surface area contributed by atoms with Crippen LogP contribution in [0.15, 0.2) is 24.3 Å². The van der Waals surface area contributed by atoms with Crippen molar-refractivity contribution < 1.29 is 9.84 Å². The second-order valence-electron chi connectivity index (χ2n) is 2.80. The zero-order valence-corrected chi connectivity index (χ0v) is 9.01. The highest BCUT2D eigenvalue weighted by atomic mass is 35.5. The standard InChI is InChI=1S/C10H15NO2.ClH/c1-11-7-2-8-13-10-5-3-9(12)4-6-10;/h3-6,11-12H,2,7-8H2,1H3;1H. The summed E-state index contributed by atoms with van der Waals surface area (Å²) in [6, 6.07) is 6.75. The van der Waals surface area contributed by atoms with Crippen molar-refractivity contribution in [2.24, 2.45) is 0 Å². The Labute approximate surface area is 90.5 Å². The van der Waals surface area contributed by atoms with Gasteiger partial charge in [-0.3, -0.25) is 0 Å².